The highest BCUT2D eigenvalue weighted by atomic mass is 19.1. The fourth-order valence-corrected chi connectivity index (χ4v) is 5.06. The van der Waals surface area contributed by atoms with Crippen molar-refractivity contribution < 1.29 is 23.8 Å². The highest BCUT2D eigenvalue weighted by Gasteiger charge is 2.19. The Morgan fingerprint density at radius 2 is 1.63 bits per heavy atom. The summed E-state index contributed by atoms with van der Waals surface area (Å²) in [5, 5.41) is 9.43. The summed E-state index contributed by atoms with van der Waals surface area (Å²) >= 11 is 0. The van der Waals surface area contributed by atoms with Crippen LogP contribution in [0.4, 0.5) is 4.39 Å². The first-order valence-corrected chi connectivity index (χ1v) is 13.4. The molecule has 38 heavy (non-hydrogen) atoms. The molecular formula is C33H37FO4. The molecule has 0 amide bonds. The van der Waals surface area contributed by atoms with E-state index in [1.807, 2.05) is 18.2 Å². The molecule has 1 aliphatic rings. The summed E-state index contributed by atoms with van der Waals surface area (Å²) in [6, 6.07) is 19.3. The summed E-state index contributed by atoms with van der Waals surface area (Å²) in [6.45, 7) is 7.63. The molecule has 200 valence electrons. The van der Waals surface area contributed by atoms with E-state index in [2.05, 4.69) is 37.8 Å². The van der Waals surface area contributed by atoms with Crippen molar-refractivity contribution in [2.75, 3.05) is 19.8 Å². The summed E-state index contributed by atoms with van der Waals surface area (Å²) in [6.07, 6.45) is 5.46. The number of carbonyl (C=O) groups is 1. The van der Waals surface area contributed by atoms with Crippen molar-refractivity contribution in [1.82, 2.24) is 0 Å². The lowest BCUT2D eigenvalue weighted by Crippen LogP contribution is -2.13. The molecule has 0 atom stereocenters. The quantitative estimate of drug-likeness (QED) is 0.172. The fourth-order valence-electron chi connectivity index (χ4n) is 5.06. The number of hydrogen-bond acceptors (Lipinski definition) is 4. The molecule has 0 aliphatic heterocycles. The lowest BCUT2D eigenvalue weighted by Gasteiger charge is -2.26. The maximum absolute atomic E-state index is 15.3. The Kier molecular flexibility index (Phi) is 9.35. The zero-order valence-corrected chi connectivity index (χ0v) is 22.3. The van der Waals surface area contributed by atoms with Crippen molar-refractivity contribution >= 4 is 5.97 Å². The molecule has 3 aromatic rings. The van der Waals surface area contributed by atoms with Crippen molar-refractivity contribution in [2.45, 2.75) is 51.9 Å². The van der Waals surface area contributed by atoms with Crippen LogP contribution in [0.5, 0.6) is 5.75 Å². The summed E-state index contributed by atoms with van der Waals surface area (Å²) < 4.78 is 26.3. The van der Waals surface area contributed by atoms with Crippen LogP contribution in [0.1, 0.15) is 56.6 Å². The van der Waals surface area contributed by atoms with Crippen LogP contribution in [0, 0.1) is 11.7 Å². The van der Waals surface area contributed by atoms with Gasteiger partial charge in [-0.2, -0.15) is 0 Å². The largest absolute Gasteiger partial charge is 0.490 e. The fraction of sp³-hybridized carbons (Fsp3) is 0.364. The van der Waals surface area contributed by atoms with Crippen molar-refractivity contribution in [3.8, 4) is 28.0 Å². The number of esters is 1. The minimum absolute atomic E-state index is 0.0396. The van der Waals surface area contributed by atoms with Crippen LogP contribution in [0.25, 0.3) is 22.3 Å². The van der Waals surface area contributed by atoms with Gasteiger partial charge in [0.15, 0.2) is 0 Å². The standard InChI is InChI=1S/C33H37FO4/c1-22(2)33(36)38-19-18-37-32-21-29(13-12-27(32)16-17-35)30-15-14-28(20-31(30)34)26-10-8-25(9-11-26)24-6-4-23(3)5-7-24/h8-15,20-21,23-24,35H,1,4-7,16-19H2,2-3H3. The number of aliphatic hydroxyl groups is 1. The van der Waals surface area contributed by atoms with Gasteiger partial charge in [-0.25, -0.2) is 9.18 Å². The van der Waals surface area contributed by atoms with E-state index >= 15 is 4.39 Å². The Labute approximate surface area is 225 Å². The average Bonchev–Trinajstić information content (AvgIpc) is 2.92. The monoisotopic (exact) mass is 516 g/mol. The Morgan fingerprint density at radius 3 is 2.29 bits per heavy atom. The van der Waals surface area contributed by atoms with Crippen LogP contribution in [0.2, 0.25) is 0 Å². The van der Waals surface area contributed by atoms with E-state index in [1.54, 1.807) is 25.1 Å². The number of benzene rings is 3. The van der Waals surface area contributed by atoms with E-state index in [1.165, 1.54) is 31.2 Å². The zero-order valence-electron chi connectivity index (χ0n) is 22.3. The molecule has 5 heteroatoms. The minimum atomic E-state index is -0.474. The van der Waals surface area contributed by atoms with Gasteiger partial charge < -0.3 is 14.6 Å². The molecule has 3 aromatic carbocycles. The predicted molar refractivity (Wildman–Crippen MR) is 150 cm³/mol. The first-order valence-electron chi connectivity index (χ1n) is 13.4. The van der Waals surface area contributed by atoms with E-state index in [0.717, 1.165) is 22.6 Å². The van der Waals surface area contributed by atoms with E-state index in [4.69, 9.17) is 9.47 Å². The molecule has 1 saturated carbocycles. The third-order valence-electron chi connectivity index (χ3n) is 7.38. The third kappa shape index (κ3) is 6.90. The van der Waals surface area contributed by atoms with Crippen molar-refractivity contribution in [1.29, 1.82) is 0 Å². The number of halogens is 1. The Balaban J connectivity index is 1.48. The van der Waals surface area contributed by atoms with Crippen LogP contribution >= 0.6 is 0 Å². The first-order chi connectivity index (χ1) is 18.4. The van der Waals surface area contributed by atoms with Gasteiger partial charge in [0.05, 0.1) is 0 Å². The second-order valence-electron chi connectivity index (χ2n) is 10.3. The van der Waals surface area contributed by atoms with Crippen molar-refractivity contribution in [3.63, 3.8) is 0 Å². The zero-order chi connectivity index (χ0) is 27.1. The third-order valence-corrected chi connectivity index (χ3v) is 7.38. The molecule has 1 N–H and O–H groups in total. The molecule has 4 rings (SSSR count). The highest BCUT2D eigenvalue weighted by Crippen LogP contribution is 2.37. The lowest BCUT2D eigenvalue weighted by molar-refractivity contribution is -0.139. The lowest BCUT2D eigenvalue weighted by atomic mass is 9.79. The molecule has 1 aliphatic carbocycles. The molecule has 0 spiro atoms. The van der Waals surface area contributed by atoms with E-state index < -0.39 is 5.97 Å². The van der Waals surface area contributed by atoms with Gasteiger partial charge in [-0.3, -0.25) is 0 Å². The summed E-state index contributed by atoms with van der Waals surface area (Å²) in [5.74, 6) is 1.19. The highest BCUT2D eigenvalue weighted by molar-refractivity contribution is 5.86. The van der Waals surface area contributed by atoms with Gasteiger partial charge >= 0.3 is 5.97 Å². The van der Waals surface area contributed by atoms with Gasteiger partial charge in [-0.15, -0.1) is 0 Å². The van der Waals surface area contributed by atoms with Gasteiger partial charge in [0.2, 0.25) is 0 Å². The Hall–Kier alpha value is -3.44. The van der Waals surface area contributed by atoms with Crippen LogP contribution in [-0.2, 0) is 16.0 Å². The van der Waals surface area contributed by atoms with Gasteiger partial charge in [-0.1, -0.05) is 74.9 Å². The molecule has 0 bridgehead atoms. The Morgan fingerprint density at radius 1 is 0.947 bits per heavy atom. The molecule has 1 fully saturated rings. The van der Waals surface area contributed by atoms with E-state index in [0.29, 0.717) is 34.8 Å². The molecule has 0 radical (unpaired) electrons. The topological polar surface area (TPSA) is 55.8 Å². The molecule has 0 heterocycles. The summed E-state index contributed by atoms with van der Waals surface area (Å²) in [7, 11) is 0. The molecule has 4 nitrogen and oxygen atoms in total. The number of hydrogen-bond donors (Lipinski definition) is 1. The van der Waals surface area contributed by atoms with Gasteiger partial charge in [-0.05, 0) is 78.0 Å². The maximum Gasteiger partial charge on any atom is 0.333 e. The van der Waals surface area contributed by atoms with Gasteiger partial charge in [0.25, 0.3) is 0 Å². The molecule has 0 saturated heterocycles. The second-order valence-corrected chi connectivity index (χ2v) is 10.3. The first kappa shape index (κ1) is 27.6. The Bertz CT molecular complexity index is 1260. The predicted octanol–water partition coefficient (Wildman–Crippen LogP) is 7.49. The number of aliphatic hydroxyl groups excluding tert-OH is 1. The maximum atomic E-state index is 15.3. The van der Waals surface area contributed by atoms with Gasteiger partial charge in [0.1, 0.15) is 24.8 Å². The second kappa shape index (κ2) is 12.9. The molecule has 0 unspecified atom stereocenters. The van der Waals surface area contributed by atoms with E-state index in [9.17, 15) is 9.90 Å². The molecular weight excluding hydrogens is 479 g/mol. The smallest absolute Gasteiger partial charge is 0.333 e. The number of carbonyl (C=O) groups excluding carboxylic acids is 1. The van der Waals surface area contributed by atoms with Crippen LogP contribution < -0.4 is 4.74 Å². The number of rotatable bonds is 10. The molecule has 0 aromatic heterocycles. The van der Waals surface area contributed by atoms with Crippen LogP contribution in [-0.4, -0.2) is 30.9 Å². The SMILES string of the molecule is C=C(C)C(=O)OCCOc1cc(-c2ccc(-c3ccc(C4CCC(C)CC4)cc3)cc2F)ccc1CCO. The van der Waals surface area contributed by atoms with E-state index in [-0.39, 0.29) is 25.6 Å². The average molecular weight is 517 g/mol. The number of ether oxygens (including phenoxy) is 2. The normalized spacial score (nSPS) is 17.2. The van der Waals surface area contributed by atoms with Crippen molar-refractivity contribution in [3.05, 3.63) is 89.8 Å². The van der Waals surface area contributed by atoms with Crippen molar-refractivity contribution in [2.24, 2.45) is 5.92 Å². The minimum Gasteiger partial charge on any atom is -0.490 e. The van der Waals surface area contributed by atoms with Gasteiger partial charge in [0, 0.05) is 17.7 Å². The summed E-state index contributed by atoms with van der Waals surface area (Å²) in [4.78, 5) is 11.6. The summed E-state index contributed by atoms with van der Waals surface area (Å²) in [5.41, 5.74) is 5.47. The van der Waals surface area contributed by atoms with Crippen LogP contribution in [0.3, 0.4) is 0 Å². The van der Waals surface area contributed by atoms with Crippen LogP contribution in [0.15, 0.2) is 72.8 Å².